The second-order valence-electron chi connectivity index (χ2n) is 3.08. The molecule has 0 saturated carbocycles. The maximum absolute atomic E-state index is 8.75. The Hall–Kier alpha value is -1.08. The minimum Gasteiger partial charge on any atom is -0.198 e. The summed E-state index contributed by atoms with van der Waals surface area (Å²) < 4.78 is 1.17. The Balaban J connectivity index is 2.77. The Morgan fingerprint density at radius 3 is 2.71 bits per heavy atom. The first-order valence-corrected chi connectivity index (χ1v) is 5.44. The van der Waals surface area contributed by atoms with E-state index in [0.29, 0.717) is 6.42 Å². The average Bonchev–Trinajstić information content (AvgIpc) is 2.23. The van der Waals surface area contributed by atoms with Crippen LogP contribution in [0.15, 0.2) is 36.4 Å². The van der Waals surface area contributed by atoms with Crippen LogP contribution in [0.4, 0.5) is 0 Å². The molecule has 0 heterocycles. The molecule has 0 bridgehead atoms. The van der Waals surface area contributed by atoms with Crippen molar-refractivity contribution in [2.24, 2.45) is 0 Å². The summed E-state index contributed by atoms with van der Waals surface area (Å²) in [4.78, 5) is 0. The van der Waals surface area contributed by atoms with E-state index in [1.807, 2.05) is 12.1 Å². The van der Waals surface area contributed by atoms with Crippen molar-refractivity contribution in [3.8, 4) is 6.07 Å². The van der Waals surface area contributed by atoms with Crippen molar-refractivity contribution in [2.75, 3.05) is 0 Å². The Bertz CT molecular complexity index is 511. The summed E-state index contributed by atoms with van der Waals surface area (Å²) >= 11 is 2.28. The first-order chi connectivity index (χ1) is 6.83. The number of fused-ring (bicyclic) bond motifs is 1. The van der Waals surface area contributed by atoms with Gasteiger partial charge in [0.25, 0.3) is 0 Å². The van der Waals surface area contributed by atoms with Gasteiger partial charge in [-0.05, 0) is 45.0 Å². The molecular formula is C12H8IN. The van der Waals surface area contributed by atoms with E-state index in [0.717, 1.165) is 5.56 Å². The molecule has 2 aromatic rings. The molecule has 0 saturated heterocycles. The van der Waals surface area contributed by atoms with Gasteiger partial charge in [-0.1, -0.05) is 30.3 Å². The zero-order valence-corrected chi connectivity index (χ0v) is 9.65. The molecule has 0 aromatic heterocycles. The highest BCUT2D eigenvalue weighted by atomic mass is 127. The van der Waals surface area contributed by atoms with Gasteiger partial charge in [0.15, 0.2) is 0 Å². The molecule has 2 rings (SSSR count). The van der Waals surface area contributed by atoms with Gasteiger partial charge in [-0.15, -0.1) is 0 Å². The number of hydrogen-bond acceptors (Lipinski definition) is 1. The molecule has 2 aromatic carbocycles. The topological polar surface area (TPSA) is 23.8 Å². The molecule has 0 spiro atoms. The predicted molar refractivity (Wildman–Crippen MR) is 66.0 cm³/mol. The zero-order chi connectivity index (χ0) is 9.97. The zero-order valence-electron chi connectivity index (χ0n) is 7.50. The quantitative estimate of drug-likeness (QED) is 0.738. The van der Waals surface area contributed by atoms with Crippen molar-refractivity contribution in [3.63, 3.8) is 0 Å². The molecule has 0 aliphatic heterocycles. The van der Waals surface area contributed by atoms with E-state index in [1.165, 1.54) is 14.3 Å². The van der Waals surface area contributed by atoms with Gasteiger partial charge in [0.05, 0.1) is 12.5 Å². The molecule has 0 atom stereocenters. The lowest BCUT2D eigenvalue weighted by atomic mass is 10.0. The number of nitriles is 1. The predicted octanol–water partition coefficient (Wildman–Crippen LogP) is 3.51. The van der Waals surface area contributed by atoms with Crippen LogP contribution in [0.1, 0.15) is 5.56 Å². The highest BCUT2D eigenvalue weighted by Crippen LogP contribution is 2.23. The maximum Gasteiger partial charge on any atom is 0.0670 e. The summed E-state index contributed by atoms with van der Waals surface area (Å²) in [6.07, 6.45) is 0.486. The molecule has 0 radical (unpaired) electrons. The van der Waals surface area contributed by atoms with Gasteiger partial charge >= 0.3 is 0 Å². The number of halogens is 1. The summed E-state index contributed by atoms with van der Waals surface area (Å²) in [7, 11) is 0. The van der Waals surface area contributed by atoms with Crippen molar-refractivity contribution in [1.82, 2.24) is 0 Å². The Kier molecular flexibility index (Phi) is 2.69. The van der Waals surface area contributed by atoms with Crippen molar-refractivity contribution in [1.29, 1.82) is 5.26 Å². The highest BCUT2D eigenvalue weighted by Gasteiger charge is 2.03. The molecule has 0 N–H and O–H groups in total. The molecule has 0 unspecified atom stereocenters. The minimum atomic E-state index is 0.486. The van der Waals surface area contributed by atoms with Crippen LogP contribution in [0.3, 0.4) is 0 Å². The Labute approximate surface area is 96.5 Å². The first-order valence-electron chi connectivity index (χ1n) is 4.36. The fraction of sp³-hybridized carbons (Fsp3) is 0.0833. The molecule has 0 aliphatic rings. The lowest BCUT2D eigenvalue weighted by Crippen LogP contribution is -1.89. The van der Waals surface area contributed by atoms with Gasteiger partial charge < -0.3 is 0 Å². The van der Waals surface area contributed by atoms with Gasteiger partial charge in [0.2, 0.25) is 0 Å². The van der Waals surface area contributed by atoms with E-state index in [1.54, 1.807) is 0 Å². The van der Waals surface area contributed by atoms with Gasteiger partial charge in [-0.2, -0.15) is 5.26 Å². The highest BCUT2D eigenvalue weighted by molar-refractivity contribution is 14.1. The van der Waals surface area contributed by atoms with Gasteiger partial charge in [0, 0.05) is 3.57 Å². The molecule has 68 valence electrons. The fourth-order valence-electron chi connectivity index (χ4n) is 1.57. The molecule has 0 aliphatic carbocycles. The third-order valence-corrected chi connectivity index (χ3v) is 3.25. The largest absolute Gasteiger partial charge is 0.198 e. The van der Waals surface area contributed by atoms with Crippen LogP contribution in [-0.2, 0) is 6.42 Å². The van der Waals surface area contributed by atoms with Crippen molar-refractivity contribution in [3.05, 3.63) is 45.5 Å². The second kappa shape index (κ2) is 3.97. The molecule has 14 heavy (non-hydrogen) atoms. The second-order valence-corrected chi connectivity index (χ2v) is 4.24. The summed E-state index contributed by atoms with van der Waals surface area (Å²) in [5.74, 6) is 0. The van der Waals surface area contributed by atoms with Crippen LogP contribution < -0.4 is 0 Å². The van der Waals surface area contributed by atoms with E-state index in [2.05, 4.69) is 52.9 Å². The first kappa shape index (κ1) is 9.47. The van der Waals surface area contributed by atoms with Crippen LogP contribution in [0, 0.1) is 14.9 Å². The van der Waals surface area contributed by atoms with E-state index in [4.69, 9.17) is 5.26 Å². The monoisotopic (exact) mass is 293 g/mol. The van der Waals surface area contributed by atoms with E-state index in [9.17, 15) is 0 Å². The van der Waals surface area contributed by atoms with E-state index >= 15 is 0 Å². The summed E-state index contributed by atoms with van der Waals surface area (Å²) in [5.41, 5.74) is 1.14. The van der Waals surface area contributed by atoms with Crippen LogP contribution in [0.5, 0.6) is 0 Å². The van der Waals surface area contributed by atoms with Crippen LogP contribution in [0.2, 0.25) is 0 Å². The van der Waals surface area contributed by atoms with Gasteiger partial charge in [0.1, 0.15) is 0 Å². The van der Waals surface area contributed by atoms with Crippen LogP contribution >= 0.6 is 22.6 Å². The summed E-state index contributed by atoms with van der Waals surface area (Å²) in [5, 5.41) is 11.2. The smallest absolute Gasteiger partial charge is 0.0670 e. The SMILES string of the molecule is N#CCc1c(I)ccc2ccccc12. The number of benzene rings is 2. The summed E-state index contributed by atoms with van der Waals surface area (Å²) in [6, 6.07) is 14.6. The van der Waals surface area contributed by atoms with Crippen molar-refractivity contribution in [2.45, 2.75) is 6.42 Å². The van der Waals surface area contributed by atoms with Crippen LogP contribution in [-0.4, -0.2) is 0 Å². The maximum atomic E-state index is 8.75. The standard InChI is InChI=1S/C12H8IN/c13-12-6-5-9-3-1-2-4-10(9)11(12)7-8-14/h1-6H,7H2. The normalized spacial score (nSPS) is 10.0. The summed E-state index contributed by atoms with van der Waals surface area (Å²) in [6.45, 7) is 0. The number of rotatable bonds is 1. The number of hydrogen-bond donors (Lipinski definition) is 0. The minimum absolute atomic E-state index is 0.486. The van der Waals surface area contributed by atoms with E-state index in [-0.39, 0.29) is 0 Å². The molecular weight excluding hydrogens is 285 g/mol. The molecule has 0 fully saturated rings. The van der Waals surface area contributed by atoms with Crippen molar-refractivity contribution >= 4 is 33.4 Å². The molecule has 1 nitrogen and oxygen atoms in total. The van der Waals surface area contributed by atoms with Gasteiger partial charge in [-0.25, -0.2) is 0 Å². The Morgan fingerprint density at radius 2 is 1.93 bits per heavy atom. The average molecular weight is 293 g/mol. The van der Waals surface area contributed by atoms with Crippen molar-refractivity contribution < 1.29 is 0 Å². The molecule has 0 amide bonds. The van der Waals surface area contributed by atoms with E-state index < -0.39 is 0 Å². The Morgan fingerprint density at radius 1 is 1.14 bits per heavy atom. The molecule has 2 heteroatoms. The lowest BCUT2D eigenvalue weighted by molar-refractivity contribution is 1.27. The fourth-order valence-corrected chi connectivity index (χ4v) is 2.23. The number of nitrogens with zero attached hydrogens (tertiary/aromatic N) is 1. The van der Waals surface area contributed by atoms with Crippen LogP contribution in [0.25, 0.3) is 10.8 Å². The van der Waals surface area contributed by atoms with Gasteiger partial charge in [-0.3, -0.25) is 0 Å². The third kappa shape index (κ3) is 1.60. The lowest BCUT2D eigenvalue weighted by Gasteiger charge is -2.05. The third-order valence-electron chi connectivity index (χ3n) is 2.24.